The molecule has 0 fully saturated rings. The van der Waals surface area contributed by atoms with Crippen molar-refractivity contribution in [3.05, 3.63) is 29.7 Å². The van der Waals surface area contributed by atoms with E-state index in [2.05, 4.69) is 10.1 Å². The Morgan fingerprint density at radius 1 is 1.40 bits per heavy atom. The molecule has 1 amide bonds. The SMILES string of the molecule is CC.Cc1ccc2ncc(C(N)=O)n2n1. The highest BCUT2D eigenvalue weighted by Crippen LogP contribution is 2.04. The highest BCUT2D eigenvalue weighted by Gasteiger charge is 2.08. The summed E-state index contributed by atoms with van der Waals surface area (Å²) in [4.78, 5) is 14.9. The molecule has 5 heteroatoms. The van der Waals surface area contributed by atoms with Crippen LogP contribution in [0.25, 0.3) is 5.65 Å². The molecule has 2 aromatic rings. The fraction of sp³-hybridized carbons (Fsp3) is 0.300. The highest BCUT2D eigenvalue weighted by atomic mass is 16.1. The van der Waals surface area contributed by atoms with Crippen molar-refractivity contribution in [3.8, 4) is 0 Å². The summed E-state index contributed by atoms with van der Waals surface area (Å²) in [5, 5.41) is 4.11. The molecule has 0 aliphatic carbocycles. The van der Waals surface area contributed by atoms with Crippen LogP contribution in [0.2, 0.25) is 0 Å². The van der Waals surface area contributed by atoms with E-state index in [4.69, 9.17) is 5.73 Å². The Labute approximate surface area is 87.9 Å². The number of primary amides is 1. The lowest BCUT2D eigenvalue weighted by molar-refractivity contribution is 0.0993. The van der Waals surface area contributed by atoms with Crippen LogP contribution in [0, 0.1) is 6.92 Å². The van der Waals surface area contributed by atoms with Crippen LogP contribution in [-0.4, -0.2) is 20.5 Å². The number of carbonyl (C=O) groups is 1. The van der Waals surface area contributed by atoms with Crippen molar-refractivity contribution >= 4 is 11.6 Å². The van der Waals surface area contributed by atoms with E-state index in [0.29, 0.717) is 11.3 Å². The Balaban J connectivity index is 0.000000531. The number of hydrogen-bond donors (Lipinski definition) is 1. The molecule has 5 nitrogen and oxygen atoms in total. The molecule has 0 unspecified atom stereocenters. The lowest BCUT2D eigenvalue weighted by Crippen LogP contribution is -2.14. The Hall–Kier alpha value is -1.91. The van der Waals surface area contributed by atoms with Gasteiger partial charge in [0.15, 0.2) is 5.65 Å². The van der Waals surface area contributed by atoms with Crippen molar-refractivity contribution in [3.63, 3.8) is 0 Å². The topological polar surface area (TPSA) is 73.3 Å². The molecule has 15 heavy (non-hydrogen) atoms. The van der Waals surface area contributed by atoms with Gasteiger partial charge in [-0.3, -0.25) is 4.79 Å². The van der Waals surface area contributed by atoms with Crippen LogP contribution in [0.3, 0.4) is 0 Å². The van der Waals surface area contributed by atoms with Gasteiger partial charge in [-0.2, -0.15) is 5.10 Å². The second-order valence-corrected chi connectivity index (χ2v) is 2.75. The van der Waals surface area contributed by atoms with Crippen LogP contribution in [-0.2, 0) is 0 Å². The van der Waals surface area contributed by atoms with Crippen molar-refractivity contribution in [2.75, 3.05) is 0 Å². The highest BCUT2D eigenvalue weighted by molar-refractivity contribution is 5.91. The predicted octanol–water partition coefficient (Wildman–Crippen LogP) is 1.16. The van der Waals surface area contributed by atoms with Gasteiger partial charge in [0.05, 0.1) is 11.9 Å². The second-order valence-electron chi connectivity index (χ2n) is 2.75. The van der Waals surface area contributed by atoms with Gasteiger partial charge in [-0.05, 0) is 19.1 Å². The zero-order valence-corrected chi connectivity index (χ0v) is 9.06. The summed E-state index contributed by atoms with van der Waals surface area (Å²) in [7, 11) is 0. The van der Waals surface area contributed by atoms with E-state index in [9.17, 15) is 4.79 Å². The molecule has 2 heterocycles. The first-order chi connectivity index (χ1) is 7.18. The van der Waals surface area contributed by atoms with Crippen molar-refractivity contribution in [2.45, 2.75) is 20.8 Å². The van der Waals surface area contributed by atoms with Gasteiger partial charge in [-0.1, -0.05) is 13.8 Å². The molecule has 0 aliphatic rings. The van der Waals surface area contributed by atoms with Crippen molar-refractivity contribution in [1.29, 1.82) is 0 Å². The monoisotopic (exact) mass is 206 g/mol. The Morgan fingerprint density at radius 2 is 2.07 bits per heavy atom. The minimum Gasteiger partial charge on any atom is -0.364 e. The van der Waals surface area contributed by atoms with Crippen LogP contribution < -0.4 is 5.73 Å². The van der Waals surface area contributed by atoms with Crippen LogP contribution in [0.5, 0.6) is 0 Å². The zero-order chi connectivity index (χ0) is 11.4. The number of nitrogens with two attached hydrogens (primary N) is 1. The molecule has 2 N–H and O–H groups in total. The summed E-state index contributed by atoms with van der Waals surface area (Å²) in [6, 6.07) is 3.61. The van der Waals surface area contributed by atoms with E-state index in [1.54, 1.807) is 6.07 Å². The van der Waals surface area contributed by atoms with Gasteiger partial charge >= 0.3 is 0 Å². The van der Waals surface area contributed by atoms with Crippen molar-refractivity contribution < 1.29 is 4.79 Å². The van der Waals surface area contributed by atoms with Gasteiger partial charge in [-0.25, -0.2) is 9.50 Å². The fourth-order valence-corrected chi connectivity index (χ4v) is 1.13. The van der Waals surface area contributed by atoms with Crippen LogP contribution >= 0.6 is 0 Å². The molecule has 0 radical (unpaired) electrons. The molecule has 0 saturated heterocycles. The van der Waals surface area contributed by atoms with Crippen LogP contribution in [0.4, 0.5) is 0 Å². The Bertz CT molecular complexity index is 475. The smallest absolute Gasteiger partial charge is 0.269 e. The van der Waals surface area contributed by atoms with Gasteiger partial charge in [0.1, 0.15) is 5.69 Å². The number of aromatic nitrogens is 3. The van der Waals surface area contributed by atoms with E-state index in [1.807, 2.05) is 26.8 Å². The molecule has 0 spiro atoms. The number of nitrogens with zero attached hydrogens (tertiary/aromatic N) is 3. The van der Waals surface area contributed by atoms with Gasteiger partial charge in [-0.15, -0.1) is 0 Å². The molecule has 0 aliphatic heterocycles. The average Bonchev–Trinajstić information content (AvgIpc) is 2.63. The normalized spacial score (nSPS) is 9.53. The predicted molar refractivity (Wildman–Crippen MR) is 57.6 cm³/mol. The maximum Gasteiger partial charge on any atom is 0.269 e. The first-order valence-electron chi connectivity index (χ1n) is 4.79. The molecular formula is C10H14N4O. The van der Waals surface area contributed by atoms with E-state index >= 15 is 0 Å². The van der Waals surface area contributed by atoms with Crippen LogP contribution in [0.15, 0.2) is 18.3 Å². The third-order valence-corrected chi connectivity index (χ3v) is 1.75. The molecule has 0 bridgehead atoms. The van der Waals surface area contributed by atoms with Gasteiger partial charge < -0.3 is 5.73 Å². The largest absolute Gasteiger partial charge is 0.364 e. The Kier molecular flexibility index (Phi) is 3.38. The van der Waals surface area contributed by atoms with Crippen LogP contribution in [0.1, 0.15) is 30.0 Å². The molecule has 0 saturated carbocycles. The standard InChI is InChI=1S/C8H8N4O.C2H6/c1-5-2-3-7-10-4-6(8(9)13)12(7)11-5;1-2/h2-4H,1H3,(H2,9,13);1-2H3. The molecule has 2 aromatic heterocycles. The van der Waals surface area contributed by atoms with Gasteiger partial charge in [0.2, 0.25) is 0 Å². The first-order valence-corrected chi connectivity index (χ1v) is 4.79. The lowest BCUT2D eigenvalue weighted by atomic mass is 10.4. The summed E-state index contributed by atoms with van der Waals surface area (Å²) in [6.45, 7) is 5.84. The quantitative estimate of drug-likeness (QED) is 0.761. The summed E-state index contributed by atoms with van der Waals surface area (Å²) in [6.07, 6.45) is 1.42. The summed E-state index contributed by atoms with van der Waals surface area (Å²) >= 11 is 0. The maximum atomic E-state index is 10.9. The number of rotatable bonds is 1. The Morgan fingerprint density at radius 3 is 2.67 bits per heavy atom. The van der Waals surface area contributed by atoms with E-state index in [1.165, 1.54) is 10.7 Å². The number of carbonyl (C=O) groups excluding carboxylic acids is 1. The number of imidazole rings is 1. The average molecular weight is 206 g/mol. The third-order valence-electron chi connectivity index (χ3n) is 1.75. The minimum atomic E-state index is -0.523. The number of fused-ring (bicyclic) bond motifs is 1. The number of amides is 1. The third kappa shape index (κ3) is 2.12. The number of aryl methyl sites for hydroxylation is 1. The number of hydrogen-bond acceptors (Lipinski definition) is 3. The summed E-state index contributed by atoms with van der Waals surface area (Å²) < 4.78 is 1.44. The van der Waals surface area contributed by atoms with Crippen molar-refractivity contribution in [2.24, 2.45) is 5.73 Å². The molecule has 0 atom stereocenters. The van der Waals surface area contributed by atoms with E-state index in [-0.39, 0.29) is 0 Å². The minimum absolute atomic E-state index is 0.304. The van der Waals surface area contributed by atoms with Gasteiger partial charge in [0.25, 0.3) is 5.91 Å². The summed E-state index contributed by atoms with van der Waals surface area (Å²) in [5.74, 6) is -0.523. The van der Waals surface area contributed by atoms with E-state index < -0.39 is 5.91 Å². The maximum absolute atomic E-state index is 10.9. The second kappa shape index (κ2) is 4.54. The first kappa shape index (κ1) is 11.2. The van der Waals surface area contributed by atoms with E-state index in [0.717, 1.165) is 5.69 Å². The van der Waals surface area contributed by atoms with Gasteiger partial charge in [0, 0.05) is 0 Å². The van der Waals surface area contributed by atoms with Crippen molar-refractivity contribution in [1.82, 2.24) is 14.6 Å². The molecule has 80 valence electrons. The molecule has 2 rings (SSSR count). The molecule has 0 aromatic carbocycles. The summed E-state index contributed by atoms with van der Waals surface area (Å²) in [5.41, 5.74) is 6.88. The molecular weight excluding hydrogens is 192 g/mol. The zero-order valence-electron chi connectivity index (χ0n) is 9.06. The fourth-order valence-electron chi connectivity index (χ4n) is 1.13. The lowest BCUT2D eigenvalue weighted by Gasteiger charge is -1.96.